The first-order valence-corrected chi connectivity index (χ1v) is 13.2. The Labute approximate surface area is 212 Å². The van der Waals surface area contributed by atoms with Crippen LogP contribution in [0.25, 0.3) is 11.3 Å². The minimum atomic E-state index is -0.813. The van der Waals surface area contributed by atoms with Gasteiger partial charge in [0.25, 0.3) is 5.91 Å². The van der Waals surface area contributed by atoms with Gasteiger partial charge in [0.1, 0.15) is 17.6 Å². The average molecular weight is 488 g/mol. The first kappa shape index (κ1) is 24.3. The third-order valence-corrected chi connectivity index (χ3v) is 7.62. The van der Waals surface area contributed by atoms with Crippen LogP contribution in [0.1, 0.15) is 79.9 Å². The van der Waals surface area contributed by atoms with Crippen LogP contribution in [0.5, 0.6) is 0 Å². The summed E-state index contributed by atoms with van der Waals surface area (Å²) in [6.45, 7) is 0. The second-order valence-electron chi connectivity index (χ2n) is 10.1. The Kier molecular flexibility index (Phi) is 7.49. The van der Waals surface area contributed by atoms with E-state index >= 15 is 0 Å². The molecule has 3 aromatic rings. The molecule has 6 heteroatoms. The molecular formula is C30H34FN3O2. The van der Waals surface area contributed by atoms with Crippen LogP contribution in [-0.4, -0.2) is 33.8 Å². The van der Waals surface area contributed by atoms with Crippen LogP contribution in [0.4, 0.5) is 4.39 Å². The summed E-state index contributed by atoms with van der Waals surface area (Å²) in [5, 5.41) is 3.24. The molecule has 1 aromatic heterocycles. The number of aromatic nitrogens is 1. The molecule has 5 rings (SSSR count). The highest BCUT2D eigenvalue weighted by molar-refractivity contribution is 5.97. The molecule has 2 aliphatic carbocycles. The lowest BCUT2D eigenvalue weighted by Gasteiger charge is -2.37. The lowest BCUT2D eigenvalue weighted by molar-refractivity contribution is -0.127. The Morgan fingerprint density at radius 2 is 1.50 bits per heavy atom. The summed E-state index contributed by atoms with van der Waals surface area (Å²) in [7, 11) is 0. The van der Waals surface area contributed by atoms with Crippen molar-refractivity contribution in [3.63, 3.8) is 0 Å². The molecule has 0 bridgehead atoms. The van der Waals surface area contributed by atoms with E-state index in [4.69, 9.17) is 0 Å². The van der Waals surface area contributed by atoms with E-state index in [1.54, 1.807) is 23.1 Å². The van der Waals surface area contributed by atoms with Crippen molar-refractivity contribution in [1.29, 1.82) is 0 Å². The van der Waals surface area contributed by atoms with Gasteiger partial charge in [0, 0.05) is 17.8 Å². The fraction of sp³-hybridized carbons (Fsp3) is 0.400. The minimum absolute atomic E-state index is 0.0480. The van der Waals surface area contributed by atoms with Gasteiger partial charge in [0.15, 0.2) is 0 Å². The van der Waals surface area contributed by atoms with Crippen molar-refractivity contribution in [2.75, 3.05) is 0 Å². The van der Waals surface area contributed by atoms with E-state index in [0.717, 1.165) is 62.6 Å². The number of nitrogens with one attached hydrogen (secondary N) is 2. The number of rotatable bonds is 7. The highest BCUT2D eigenvalue weighted by atomic mass is 19.1. The van der Waals surface area contributed by atoms with Crippen molar-refractivity contribution >= 4 is 11.8 Å². The van der Waals surface area contributed by atoms with Crippen LogP contribution in [0.2, 0.25) is 0 Å². The molecule has 2 N–H and O–H groups in total. The molecule has 1 atom stereocenters. The second kappa shape index (κ2) is 11.1. The molecule has 1 heterocycles. The largest absolute Gasteiger partial charge is 0.351 e. The lowest BCUT2D eigenvalue weighted by Crippen LogP contribution is -2.50. The van der Waals surface area contributed by atoms with Crippen molar-refractivity contribution in [3.05, 3.63) is 83.8 Å². The molecule has 0 radical (unpaired) electrons. The van der Waals surface area contributed by atoms with Crippen LogP contribution in [0, 0.1) is 5.82 Å². The SMILES string of the molecule is O=C(NC1CCCCC1)C(c1ccc(F)cc1)N(C(=O)c1ccc(-c2ccccc2)[nH]1)C1CCCC1. The molecule has 0 aliphatic heterocycles. The van der Waals surface area contributed by atoms with Crippen LogP contribution in [0.3, 0.4) is 0 Å². The number of halogens is 1. The number of aromatic amines is 1. The van der Waals surface area contributed by atoms with Crippen molar-refractivity contribution in [1.82, 2.24) is 15.2 Å². The van der Waals surface area contributed by atoms with E-state index in [9.17, 15) is 14.0 Å². The maximum absolute atomic E-state index is 14.1. The zero-order chi connectivity index (χ0) is 24.9. The minimum Gasteiger partial charge on any atom is -0.351 e. The van der Waals surface area contributed by atoms with Crippen molar-refractivity contribution in [3.8, 4) is 11.3 Å². The highest BCUT2D eigenvalue weighted by Gasteiger charge is 2.39. The Balaban J connectivity index is 1.50. The van der Waals surface area contributed by atoms with Gasteiger partial charge in [0.2, 0.25) is 5.91 Å². The molecule has 1 unspecified atom stereocenters. The van der Waals surface area contributed by atoms with Crippen LogP contribution < -0.4 is 5.32 Å². The summed E-state index contributed by atoms with van der Waals surface area (Å²) in [5.41, 5.74) is 2.95. The van der Waals surface area contributed by atoms with E-state index in [1.807, 2.05) is 36.4 Å². The van der Waals surface area contributed by atoms with Crippen molar-refractivity contribution in [2.24, 2.45) is 0 Å². The quantitative estimate of drug-likeness (QED) is 0.405. The van der Waals surface area contributed by atoms with Gasteiger partial charge in [-0.15, -0.1) is 0 Å². The summed E-state index contributed by atoms with van der Waals surface area (Å²) in [6.07, 6.45) is 9.05. The molecule has 36 heavy (non-hydrogen) atoms. The molecule has 2 amide bonds. The van der Waals surface area contributed by atoms with E-state index < -0.39 is 6.04 Å². The first-order valence-electron chi connectivity index (χ1n) is 13.2. The predicted octanol–water partition coefficient (Wildman–Crippen LogP) is 6.40. The number of hydrogen-bond donors (Lipinski definition) is 2. The molecule has 0 saturated heterocycles. The Morgan fingerprint density at radius 3 is 2.19 bits per heavy atom. The third-order valence-electron chi connectivity index (χ3n) is 7.62. The molecule has 2 aromatic carbocycles. The van der Waals surface area contributed by atoms with Gasteiger partial charge < -0.3 is 15.2 Å². The highest BCUT2D eigenvalue weighted by Crippen LogP contribution is 2.34. The van der Waals surface area contributed by atoms with Crippen LogP contribution in [0.15, 0.2) is 66.7 Å². The first-order chi connectivity index (χ1) is 17.6. The van der Waals surface area contributed by atoms with Crippen molar-refractivity contribution < 1.29 is 14.0 Å². The number of benzene rings is 2. The Hall–Kier alpha value is -3.41. The zero-order valence-corrected chi connectivity index (χ0v) is 20.6. The van der Waals surface area contributed by atoms with Gasteiger partial charge in [-0.3, -0.25) is 9.59 Å². The van der Waals surface area contributed by atoms with Gasteiger partial charge in [-0.2, -0.15) is 0 Å². The fourth-order valence-corrected chi connectivity index (χ4v) is 5.73. The normalized spacial score (nSPS) is 17.6. The Morgan fingerprint density at radius 1 is 0.833 bits per heavy atom. The molecule has 2 aliphatic rings. The summed E-state index contributed by atoms with van der Waals surface area (Å²) < 4.78 is 13.8. The maximum Gasteiger partial charge on any atom is 0.271 e. The standard InChI is InChI=1S/C30H34FN3O2/c31-23-17-15-22(16-18-23)28(29(35)32-24-11-5-2-6-12-24)34(25-13-7-8-14-25)30(36)27-20-19-26(33-27)21-9-3-1-4-10-21/h1,3-4,9-10,15-20,24-25,28,33H,2,5-8,11-14H2,(H,32,35). The topological polar surface area (TPSA) is 65.2 Å². The summed E-state index contributed by atoms with van der Waals surface area (Å²) in [5.74, 6) is -0.735. The average Bonchev–Trinajstić information content (AvgIpc) is 3.62. The molecule has 5 nitrogen and oxygen atoms in total. The number of hydrogen-bond acceptors (Lipinski definition) is 2. The molecule has 0 spiro atoms. The molecule has 2 fully saturated rings. The smallest absolute Gasteiger partial charge is 0.271 e. The van der Waals surface area contributed by atoms with E-state index in [1.165, 1.54) is 18.6 Å². The number of nitrogens with zero attached hydrogens (tertiary/aromatic N) is 1. The van der Waals surface area contributed by atoms with Gasteiger partial charge in [-0.25, -0.2) is 4.39 Å². The van der Waals surface area contributed by atoms with E-state index in [0.29, 0.717) is 11.3 Å². The van der Waals surface area contributed by atoms with Gasteiger partial charge in [0.05, 0.1) is 0 Å². The maximum atomic E-state index is 14.1. The summed E-state index contributed by atoms with van der Waals surface area (Å²) in [4.78, 5) is 33.0. The summed E-state index contributed by atoms with van der Waals surface area (Å²) >= 11 is 0. The number of carbonyl (C=O) groups is 2. The monoisotopic (exact) mass is 487 g/mol. The predicted molar refractivity (Wildman–Crippen MR) is 139 cm³/mol. The Bertz CT molecular complexity index is 1160. The number of amides is 2. The van der Waals surface area contributed by atoms with Crippen molar-refractivity contribution in [2.45, 2.75) is 75.9 Å². The van der Waals surface area contributed by atoms with Gasteiger partial charge >= 0.3 is 0 Å². The number of carbonyl (C=O) groups excluding carboxylic acids is 2. The second-order valence-corrected chi connectivity index (χ2v) is 10.1. The number of H-pyrrole nitrogens is 1. The molecular weight excluding hydrogens is 453 g/mol. The van der Waals surface area contributed by atoms with E-state index in [2.05, 4.69) is 10.3 Å². The van der Waals surface area contributed by atoms with E-state index in [-0.39, 0.29) is 29.7 Å². The summed E-state index contributed by atoms with van der Waals surface area (Å²) in [6, 6.07) is 18.8. The molecule has 188 valence electrons. The fourth-order valence-electron chi connectivity index (χ4n) is 5.73. The van der Waals surface area contributed by atoms with Crippen LogP contribution in [-0.2, 0) is 4.79 Å². The lowest BCUT2D eigenvalue weighted by atomic mass is 9.94. The van der Waals surface area contributed by atoms with Crippen LogP contribution >= 0.6 is 0 Å². The van der Waals surface area contributed by atoms with Gasteiger partial charge in [-0.1, -0.05) is 74.6 Å². The molecule has 2 saturated carbocycles. The van der Waals surface area contributed by atoms with Gasteiger partial charge in [-0.05, 0) is 61.1 Å². The third kappa shape index (κ3) is 5.38. The zero-order valence-electron chi connectivity index (χ0n) is 20.6.